The van der Waals surface area contributed by atoms with Gasteiger partial charge in [-0.15, -0.1) is 11.8 Å². The molecule has 3 rings (SSSR count). The number of hydrogen-bond acceptors (Lipinski definition) is 8. The van der Waals surface area contributed by atoms with E-state index in [2.05, 4.69) is 10.4 Å². The summed E-state index contributed by atoms with van der Waals surface area (Å²) in [5, 5.41) is 28.7. The number of carboxylic acids is 1. The van der Waals surface area contributed by atoms with Crippen LogP contribution in [-0.4, -0.2) is 94.0 Å². The number of aliphatic carboxylic acids is 1. The molecular formula is C20H31N5O6S. The highest BCUT2D eigenvalue weighted by molar-refractivity contribution is 8.03. The number of primary amides is 1. The van der Waals surface area contributed by atoms with Crippen molar-refractivity contribution in [3.05, 3.63) is 10.6 Å². The highest BCUT2D eigenvalue weighted by Gasteiger charge is 2.60. The molecule has 2 saturated heterocycles. The zero-order chi connectivity index (χ0) is 23.6. The fourth-order valence-corrected chi connectivity index (χ4v) is 6.27. The highest BCUT2D eigenvalue weighted by Crippen LogP contribution is 2.52. The van der Waals surface area contributed by atoms with Crippen LogP contribution in [0.15, 0.2) is 15.7 Å². The minimum atomic E-state index is -1.12. The van der Waals surface area contributed by atoms with Crippen molar-refractivity contribution in [3.63, 3.8) is 0 Å². The number of hydrogen-bond donors (Lipinski definition) is 4. The normalized spacial score (nSPS) is 30.6. The van der Waals surface area contributed by atoms with Gasteiger partial charge in [0.15, 0.2) is 0 Å². The van der Waals surface area contributed by atoms with Gasteiger partial charge in [0.1, 0.15) is 5.70 Å². The van der Waals surface area contributed by atoms with Gasteiger partial charge in [-0.25, -0.2) is 9.59 Å². The molecule has 0 radical (unpaired) electrons. The Bertz CT molecular complexity index is 818. The number of hydrazone groups is 1. The van der Waals surface area contributed by atoms with Crippen LogP contribution in [0.4, 0.5) is 4.79 Å². The molecule has 0 aromatic heterocycles. The molecule has 0 spiro atoms. The molecule has 0 bridgehead atoms. The smallest absolute Gasteiger partial charge is 0.353 e. The molecule has 5 N–H and O–H groups in total. The van der Waals surface area contributed by atoms with Crippen LogP contribution in [0.25, 0.3) is 0 Å². The van der Waals surface area contributed by atoms with Gasteiger partial charge in [-0.05, 0) is 20.3 Å². The predicted octanol–water partition coefficient (Wildman–Crippen LogP) is 0.00680. The van der Waals surface area contributed by atoms with Crippen LogP contribution < -0.4 is 11.1 Å². The first-order chi connectivity index (χ1) is 15.2. The molecule has 11 nitrogen and oxygen atoms in total. The molecule has 3 aliphatic rings. The number of aliphatic hydroxyl groups excluding tert-OH is 1. The van der Waals surface area contributed by atoms with Gasteiger partial charge >= 0.3 is 12.0 Å². The van der Waals surface area contributed by atoms with E-state index in [0.717, 1.165) is 6.42 Å². The van der Waals surface area contributed by atoms with Crippen LogP contribution in [-0.2, 0) is 14.3 Å². The first-order valence-corrected chi connectivity index (χ1v) is 11.6. The Labute approximate surface area is 191 Å². The number of amides is 3. The summed E-state index contributed by atoms with van der Waals surface area (Å²) in [7, 11) is 0. The zero-order valence-electron chi connectivity index (χ0n) is 18.4. The largest absolute Gasteiger partial charge is 0.477 e. The molecule has 3 aliphatic heterocycles. The van der Waals surface area contributed by atoms with Gasteiger partial charge in [0.05, 0.1) is 37.3 Å². The first kappa shape index (κ1) is 24.3. The maximum absolute atomic E-state index is 12.5. The zero-order valence-corrected chi connectivity index (χ0v) is 19.2. The van der Waals surface area contributed by atoms with Gasteiger partial charge in [0.2, 0.25) is 5.91 Å². The second-order valence-electron chi connectivity index (χ2n) is 8.26. The van der Waals surface area contributed by atoms with Crippen molar-refractivity contribution in [2.45, 2.75) is 50.6 Å². The van der Waals surface area contributed by atoms with Gasteiger partial charge in [0.25, 0.3) is 0 Å². The molecule has 0 aromatic rings. The van der Waals surface area contributed by atoms with E-state index in [4.69, 9.17) is 10.5 Å². The Kier molecular flexibility index (Phi) is 7.67. The number of carboxylic acid groups (broad SMARTS) is 1. The second kappa shape index (κ2) is 10.1. The van der Waals surface area contributed by atoms with Crippen molar-refractivity contribution < 1.29 is 29.3 Å². The van der Waals surface area contributed by atoms with Crippen molar-refractivity contribution in [1.29, 1.82) is 0 Å². The molecule has 2 fully saturated rings. The Balaban J connectivity index is 1.67. The molecule has 0 aliphatic carbocycles. The number of nitrogens with one attached hydrogen (secondary N) is 1. The lowest BCUT2D eigenvalue weighted by molar-refractivity contribution is -0.163. The second-order valence-corrected chi connectivity index (χ2v) is 9.61. The maximum atomic E-state index is 12.5. The first-order valence-electron chi connectivity index (χ1n) is 10.7. The van der Waals surface area contributed by atoms with E-state index in [-0.39, 0.29) is 34.9 Å². The number of ether oxygens (including phenoxy) is 1. The Hall–Kier alpha value is -2.31. The Morgan fingerprint density at radius 2 is 2.19 bits per heavy atom. The number of aliphatic hydroxyl groups is 1. The van der Waals surface area contributed by atoms with E-state index < -0.39 is 24.0 Å². The molecule has 0 aromatic carbocycles. The summed E-state index contributed by atoms with van der Waals surface area (Å²) in [6, 6.07) is -0.914. The summed E-state index contributed by atoms with van der Waals surface area (Å²) < 4.78 is 5.66. The fraction of sp³-hybridized carbons (Fsp3) is 0.700. The van der Waals surface area contributed by atoms with Crippen molar-refractivity contribution in [2.75, 3.05) is 26.3 Å². The summed E-state index contributed by atoms with van der Waals surface area (Å²) >= 11 is 1.48. The van der Waals surface area contributed by atoms with Crippen LogP contribution in [0.2, 0.25) is 0 Å². The summed E-state index contributed by atoms with van der Waals surface area (Å²) in [6.45, 7) is 6.98. The number of rotatable bonds is 10. The number of thioether (sulfide) groups is 1. The number of carbonyl (C=O) groups excluding carboxylic acids is 2. The van der Waals surface area contributed by atoms with Crippen LogP contribution in [0.5, 0.6) is 0 Å². The highest BCUT2D eigenvalue weighted by atomic mass is 32.2. The van der Waals surface area contributed by atoms with Crippen molar-refractivity contribution in [2.24, 2.45) is 22.7 Å². The molecule has 6 atom stereocenters. The standard InChI is InChI=1S/C20H31N5O6S/c1-4-23-24-8-13(7-12(24)9-31-6-5-22-20(21)30)32-17-10(2)15-14(11(3)26)18(27)25(15)16(17)19(28)29/h4,10-15,26H,5-9H2,1-3H3,(H,28,29)(H3,21,22,30)/b23-4+/t10-,11-,12+,13+,14-,15-/m1/s1. The third-order valence-corrected chi connectivity index (χ3v) is 7.57. The molecule has 0 unspecified atom stereocenters. The number of nitrogens with two attached hydrogens (primary N) is 1. The molecule has 3 amide bonds. The van der Waals surface area contributed by atoms with E-state index in [1.807, 2.05) is 18.9 Å². The topological polar surface area (TPSA) is 158 Å². The Morgan fingerprint density at radius 1 is 1.47 bits per heavy atom. The quantitative estimate of drug-likeness (QED) is 0.198. The van der Waals surface area contributed by atoms with E-state index in [9.17, 15) is 24.6 Å². The van der Waals surface area contributed by atoms with E-state index in [1.54, 1.807) is 13.1 Å². The summed E-state index contributed by atoms with van der Waals surface area (Å²) in [5.41, 5.74) is 5.07. The van der Waals surface area contributed by atoms with Crippen molar-refractivity contribution in [3.8, 4) is 0 Å². The number of β-lactam (4-membered cyclic amide) rings is 1. The average Bonchev–Trinajstić information content (AvgIpc) is 3.18. The van der Waals surface area contributed by atoms with Crippen LogP contribution in [0, 0.1) is 11.8 Å². The minimum Gasteiger partial charge on any atom is -0.477 e. The summed E-state index contributed by atoms with van der Waals surface area (Å²) in [6.07, 6.45) is 1.61. The summed E-state index contributed by atoms with van der Waals surface area (Å²) in [5.74, 6) is -2.19. The monoisotopic (exact) mass is 469 g/mol. The van der Waals surface area contributed by atoms with Gasteiger partial charge in [-0.2, -0.15) is 5.10 Å². The third kappa shape index (κ3) is 4.71. The van der Waals surface area contributed by atoms with Crippen LogP contribution >= 0.6 is 11.8 Å². The van der Waals surface area contributed by atoms with Crippen molar-refractivity contribution in [1.82, 2.24) is 15.2 Å². The fourth-order valence-electron chi connectivity index (χ4n) is 4.71. The predicted molar refractivity (Wildman–Crippen MR) is 119 cm³/mol. The van der Waals surface area contributed by atoms with E-state index >= 15 is 0 Å². The Morgan fingerprint density at radius 3 is 2.78 bits per heavy atom. The van der Waals surface area contributed by atoms with Crippen LogP contribution in [0.3, 0.4) is 0 Å². The minimum absolute atomic E-state index is 0.00624. The van der Waals surface area contributed by atoms with Gasteiger partial charge < -0.3 is 30.9 Å². The third-order valence-electron chi connectivity index (χ3n) is 6.07. The number of fused-ring (bicyclic) bond motifs is 1. The number of urea groups is 1. The molecule has 12 heteroatoms. The molecule has 32 heavy (non-hydrogen) atoms. The lowest BCUT2D eigenvalue weighted by Crippen LogP contribution is -2.63. The number of carbonyl (C=O) groups is 3. The maximum Gasteiger partial charge on any atom is 0.353 e. The van der Waals surface area contributed by atoms with Gasteiger partial charge in [-0.3, -0.25) is 9.80 Å². The molecular weight excluding hydrogens is 438 g/mol. The lowest BCUT2D eigenvalue weighted by atomic mass is 9.79. The van der Waals surface area contributed by atoms with Crippen LogP contribution in [0.1, 0.15) is 27.2 Å². The number of nitrogens with zero attached hydrogens (tertiary/aromatic N) is 3. The SMILES string of the molecule is C/C=N/N1C[C@@H](SC2=C(C(=O)O)N3C(=O)[C@H]([C@@H](C)O)[C@H]3[C@H]2C)C[C@H]1COCCNC(N)=O. The van der Waals surface area contributed by atoms with Gasteiger partial charge in [-0.1, -0.05) is 6.92 Å². The van der Waals surface area contributed by atoms with E-state index in [0.29, 0.717) is 31.2 Å². The van der Waals surface area contributed by atoms with Crippen molar-refractivity contribution >= 4 is 35.9 Å². The average molecular weight is 470 g/mol. The van der Waals surface area contributed by atoms with E-state index in [1.165, 1.54) is 16.7 Å². The van der Waals surface area contributed by atoms with Gasteiger partial charge in [0, 0.05) is 35.4 Å². The molecule has 0 saturated carbocycles. The summed E-state index contributed by atoms with van der Waals surface area (Å²) in [4.78, 5) is 37.3. The lowest BCUT2D eigenvalue weighted by Gasteiger charge is -2.46. The molecule has 178 valence electrons. The molecule has 3 heterocycles.